The van der Waals surface area contributed by atoms with Crippen LogP contribution in [0.4, 0.5) is 5.69 Å². The Bertz CT molecular complexity index is 413. The summed E-state index contributed by atoms with van der Waals surface area (Å²) in [6, 6.07) is 8.32. The molecular weight excluding hydrogens is 224 g/mol. The van der Waals surface area contributed by atoms with Crippen molar-refractivity contribution in [3.8, 4) is 5.75 Å². The van der Waals surface area contributed by atoms with E-state index in [0.717, 1.165) is 11.7 Å². The molecule has 98 valence electrons. The Morgan fingerprint density at radius 3 is 2.56 bits per heavy atom. The van der Waals surface area contributed by atoms with Gasteiger partial charge in [-0.2, -0.15) is 0 Å². The third kappa shape index (κ3) is 1.97. The Morgan fingerprint density at radius 2 is 1.94 bits per heavy atom. The fourth-order valence-corrected chi connectivity index (χ4v) is 3.42. The van der Waals surface area contributed by atoms with Crippen LogP contribution in [0.25, 0.3) is 0 Å². The van der Waals surface area contributed by atoms with Gasteiger partial charge in [-0.05, 0) is 37.3 Å². The standard InChI is InChI=1S/C15H22N2O/c1-16(13-5-3-4-6-14(13)18-2)15-11-12-7-9-17(15)10-8-12/h3-6,12,15H,7-11H2,1-2H3/t15-/m1/s1. The highest BCUT2D eigenvalue weighted by Gasteiger charge is 2.36. The first-order chi connectivity index (χ1) is 8.79. The summed E-state index contributed by atoms with van der Waals surface area (Å²) in [6.07, 6.45) is 4.62. The van der Waals surface area contributed by atoms with Gasteiger partial charge in [0.15, 0.2) is 0 Å². The van der Waals surface area contributed by atoms with Crippen LogP contribution < -0.4 is 9.64 Å². The van der Waals surface area contributed by atoms with Gasteiger partial charge >= 0.3 is 0 Å². The number of fused-ring (bicyclic) bond motifs is 3. The van der Waals surface area contributed by atoms with E-state index in [1.54, 1.807) is 7.11 Å². The molecule has 0 radical (unpaired) electrons. The maximum atomic E-state index is 5.48. The van der Waals surface area contributed by atoms with Crippen molar-refractivity contribution in [3.05, 3.63) is 24.3 Å². The van der Waals surface area contributed by atoms with Crippen LogP contribution in [0.5, 0.6) is 5.75 Å². The molecular formula is C15H22N2O. The predicted molar refractivity (Wildman–Crippen MR) is 74.1 cm³/mol. The van der Waals surface area contributed by atoms with Crippen molar-refractivity contribution >= 4 is 5.69 Å². The number of methoxy groups -OCH3 is 1. The minimum absolute atomic E-state index is 0.550. The van der Waals surface area contributed by atoms with Gasteiger partial charge in [-0.25, -0.2) is 0 Å². The number of hydrogen-bond donors (Lipinski definition) is 0. The van der Waals surface area contributed by atoms with Gasteiger partial charge in [0.05, 0.1) is 19.0 Å². The lowest BCUT2D eigenvalue weighted by Gasteiger charge is -2.49. The number of anilines is 1. The lowest BCUT2D eigenvalue weighted by atomic mass is 9.85. The zero-order valence-electron chi connectivity index (χ0n) is 11.3. The Hall–Kier alpha value is -1.22. The Kier molecular flexibility index (Phi) is 3.16. The molecule has 0 unspecified atom stereocenters. The Morgan fingerprint density at radius 1 is 1.22 bits per heavy atom. The Labute approximate surface area is 109 Å². The van der Waals surface area contributed by atoms with E-state index in [0.29, 0.717) is 6.17 Å². The van der Waals surface area contributed by atoms with E-state index in [9.17, 15) is 0 Å². The van der Waals surface area contributed by atoms with E-state index < -0.39 is 0 Å². The molecule has 1 atom stereocenters. The summed E-state index contributed by atoms with van der Waals surface area (Å²) >= 11 is 0. The fraction of sp³-hybridized carbons (Fsp3) is 0.600. The minimum Gasteiger partial charge on any atom is -0.495 e. The van der Waals surface area contributed by atoms with Crippen molar-refractivity contribution in [1.29, 1.82) is 0 Å². The average Bonchev–Trinajstić information content (AvgIpc) is 2.47. The van der Waals surface area contributed by atoms with E-state index in [1.807, 2.05) is 12.1 Å². The molecule has 3 nitrogen and oxygen atoms in total. The quantitative estimate of drug-likeness (QED) is 0.815. The second-order valence-electron chi connectivity index (χ2n) is 5.48. The lowest BCUT2D eigenvalue weighted by molar-refractivity contribution is 0.0500. The van der Waals surface area contributed by atoms with Gasteiger partial charge in [-0.15, -0.1) is 0 Å². The average molecular weight is 246 g/mol. The number of hydrogen-bond acceptors (Lipinski definition) is 3. The monoisotopic (exact) mass is 246 g/mol. The van der Waals surface area contributed by atoms with Gasteiger partial charge in [0.25, 0.3) is 0 Å². The van der Waals surface area contributed by atoms with E-state index >= 15 is 0 Å². The van der Waals surface area contributed by atoms with Crippen LogP contribution in [0.15, 0.2) is 24.3 Å². The van der Waals surface area contributed by atoms with Crippen molar-refractivity contribution < 1.29 is 4.74 Å². The van der Waals surface area contributed by atoms with Crippen LogP contribution in [0.3, 0.4) is 0 Å². The first kappa shape index (κ1) is 11.8. The number of piperidine rings is 3. The van der Waals surface area contributed by atoms with Gasteiger partial charge in [0, 0.05) is 20.1 Å². The van der Waals surface area contributed by atoms with Crippen LogP contribution in [-0.4, -0.2) is 38.3 Å². The molecule has 3 fully saturated rings. The molecule has 0 N–H and O–H groups in total. The molecule has 4 rings (SSSR count). The summed E-state index contributed by atoms with van der Waals surface area (Å²) in [5.74, 6) is 1.90. The maximum absolute atomic E-state index is 5.48. The smallest absolute Gasteiger partial charge is 0.142 e. The van der Waals surface area contributed by atoms with Crippen molar-refractivity contribution in [1.82, 2.24) is 4.90 Å². The highest BCUT2D eigenvalue weighted by molar-refractivity contribution is 5.58. The van der Waals surface area contributed by atoms with Gasteiger partial charge < -0.3 is 9.64 Å². The first-order valence-corrected chi connectivity index (χ1v) is 6.89. The van der Waals surface area contributed by atoms with Crippen LogP contribution in [0.2, 0.25) is 0 Å². The Balaban J connectivity index is 1.83. The van der Waals surface area contributed by atoms with Crippen molar-refractivity contribution in [2.24, 2.45) is 5.92 Å². The third-order valence-electron chi connectivity index (χ3n) is 4.53. The SMILES string of the molecule is COc1ccccc1N(C)[C@H]1CC2CCN1CC2. The highest BCUT2D eigenvalue weighted by Crippen LogP contribution is 2.37. The summed E-state index contributed by atoms with van der Waals surface area (Å²) in [4.78, 5) is 5.01. The summed E-state index contributed by atoms with van der Waals surface area (Å²) in [6.45, 7) is 2.52. The van der Waals surface area contributed by atoms with Crippen LogP contribution in [0.1, 0.15) is 19.3 Å². The molecule has 3 aliphatic rings. The number of rotatable bonds is 3. The van der Waals surface area contributed by atoms with Gasteiger partial charge in [0.1, 0.15) is 5.75 Å². The van der Waals surface area contributed by atoms with Crippen LogP contribution >= 0.6 is 0 Å². The third-order valence-corrected chi connectivity index (χ3v) is 4.53. The molecule has 0 saturated carbocycles. The highest BCUT2D eigenvalue weighted by atomic mass is 16.5. The first-order valence-electron chi connectivity index (χ1n) is 6.89. The normalized spacial score (nSPS) is 30.2. The van der Waals surface area contributed by atoms with E-state index in [-0.39, 0.29) is 0 Å². The predicted octanol–water partition coefficient (Wildman–Crippen LogP) is 2.57. The number of ether oxygens (including phenoxy) is 1. The zero-order chi connectivity index (χ0) is 12.5. The van der Waals surface area contributed by atoms with E-state index in [1.165, 1.54) is 38.0 Å². The molecule has 1 aromatic rings. The van der Waals surface area contributed by atoms with Gasteiger partial charge in [0.2, 0.25) is 0 Å². The molecule has 3 heterocycles. The van der Waals surface area contributed by atoms with Crippen LogP contribution in [0, 0.1) is 5.92 Å². The molecule has 0 spiro atoms. The molecule has 2 bridgehead atoms. The zero-order valence-corrected chi connectivity index (χ0v) is 11.3. The lowest BCUT2D eigenvalue weighted by Crippen LogP contribution is -2.55. The summed E-state index contributed by atoms with van der Waals surface area (Å²) < 4.78 is 5.48. The summed E-state index contributed by atoms with van der Waals surface area (Å²) in [5, 5.41) is 0. The number of para-hydroxylation sites is 2. The molecule has 3 aliphatic heterocycles. The molecule has 18 heavy (non-hydrogen) atoms. The largest absolute Gasteiger partial charge is 0.495 e. The van der Waals surface area contributed by atoms with E-state index in [4.69, 9.17) is 4.74 Å². The number of benzene rings is 1. The summed E-state index contributed by atoms with van der Waals surface area (Å²) in [5.41, 5.74) is 1.21. The van der Waals surface area contributed by atoms with Crippen molar-refractivity contribution in [2.45, 2.75) is 25.4 Å². The molecule has 1 aromatic carbocycles. The molecule has 3 heteroatoms. The minimum atomic E-state index is 0.550. The maximum Gasteiger partial charge on any atom is 0.142 e. The molecule has 0 amide bonds. The van der Waals surface area contributed by atoms with Gasteiger partial charge in [-0.1, -0.05) is 12.1 Å². The van der Waals surface area contributed by atoms with Crippen molar-refractivity contribution in [2.75, 3.05) is 32.1 Å². The van der Waals surface area contributed by atoms with E-state index in [2.05, 4.69) is 29.0 Å². The van der Waals surface area contributed by atoms with Crippen molar-refractivity contribution in [3.63, 3.8) is 0 Å². The summed E-state index contributed by atoms with van der Waals surface area (Å²) in [7, 11) is 3.95. The van der Waals surface area contributed by atoms with Crippen LogP contribution in [-0.2, 0) is 0 Å². The second-order valence-corrected chi connectivity index (χ2v) is 5.48. The number of nitrogens with zero attached hydrogens (tertiary/aromatic N) is 2. The molecule has 0 aliphatic carbocycles. The topological polar surface area (TPSA) is 15.7 Å². The van der Waals surface area contributed by atoms with Gasteiger partial charge in [-0.3, -0.25) is 4.90 Å². The fourth-order valence-electron chi connectivity index (χ4n) is 3.42. The second kappa shape index (κ2) is 4.81. The molecule has 0 aromatic heterocycles. The molecule has 3 saturated heterocycles.